The van der Waals surface area contributed by atoms with Crippen LogP contribution in [0.4, 0.5) is 0 Å². The molecule has 0 aromatic rings. The Balaban J connectivity index is 3.52. The predicted octanol–water partition coefficient (Wildman–Crippen LogP) is 0.895. The number of likely N-dealkylation sites (N-methyl/N-ethyl adjacent to an activating group) is 1. The van der Waals surface area contributed by atoms with Gasteiger partial charge in [0, 0.05) is 26.2 Å². The summed E-state index contributed by atoms with van der Waals surface area (Å²) in [5, 5.41) is 1.72. The Morgan fingerprint density at radius 1 is 1.36 bits per heavy atom. The molecule has 2 N–H and O–H groups in total. The first-order chi connectivity index (χ1) is 5.07. The van der Waals surface area contributed by atoms with Crippen molar-refractivity contribution >= 4 is 22.6 Å². The summed E-state index contributed by atoms with van der Waals surface area (Å²) in [6.07, 6.45) is 0. The van der Waals surface area contributed by atoms with Crippen LogP contribution >= 0.6 is 22.6 Å². The van der Waals surface area contributed by atoms with Gasteiger partial charge in [-0.15, -0.1) is 0 Å². The third-order valence-electron chi connectivity index (χ3n) is 1.62. The highest BCUT2D eigenvalue weighted by Crippen LogP contribution is 2.00. The fraction of sp³-hybridized carbons (Fsp3) is 1.00. The lowest BCUT2D eigenvalue weighted by Gasteiger charge is -2.25. The van der Waals surface area contributed by atoms with E-state index in [9.17, 15) is 0 Å². The second-order valence-corrected chi connectivity index (χ2v) is 3.69. The quantitative estimate of drug-likeness (QED) is 0.265. The Morgan fingerprint density at radius 3 is 2.18 bits per heavy atom. The fourth-order valence-electron chi connectivity index (χ4n) is 0.742. The zero-order valence-corrected chi connectivity index (χ0v) is 9.71. The molecular formula is C7H18IN3. The number of alkyl halides is 1. The van der Waals surface area contributed by atoms with Crippen molar-refractivity contribution in [1.82, 2.24) is 9.91 Å². The number of hydrazine groups is 1. The van der Waals surface area contributed by atoms with E-state index in [1.54, 1.807) is 5.01 Å². The Kier molecular flexibility index (Phi) is 6.50. The second kappa shape index (κ2) is 6.16. The van der Waals surface area contributed by atoms with Crippen molar-refractivity contribution < 1.29 is 0 Å². The van der Waals surface area contributed by atoms with Crippen LogP contribution in [0.2, 0.25) is 0 Å². The number of nitrogens with two attached hydrogens (primary N) is 1. The molecule has 0 aromatic carbocycles. The van der Waals surface area contributed by atoms with Gasteiger partial charge in [-0.25, -0.2) is 5.01 Å². The van der Waals surface area contributed by atoms with Gasteiger partial charge < -0.3 is 0 Å². The SMILES string of the molecule is CC(C)N(CI)CCN(C)N. The van der Waals surface area contributed by atoms with Crippen molar-refractivity contribution in [3.63, 3.8) is 0 Å². The maximum Gasteiger partial charge on any atom is 0.0508 e. The van der Waals surface area contributed by atoms with E-state index in [1.165, 1.54) is 0 Å². The van der Waals surface area contributed by atoms with E-state index in [1.807, 2.05) is 7.05 Å². The molecule has 68 valence electrons. The molecule has 0 atom stereocenters. The molecule has 3 nitrogen and oxygen atoms in total. The van der Waals surface area contributed by atoms with Crippen LogP contribution < -0.4 is 5.84 Å². The first kappa shape index (κ1) is 11.6. The summed E-state index contributed by atoms with van der Waals surface area (Å²) in [7, 11) is 1.89. The highest BCUT2D eigenvalue weighted by atomic mass is 127. The summed E-state index contributed by atoms with van der Waals surface area (Å²) < 4.78 is 1.07. The van der Waals surface area contributed by atoms with Crippen LogP contribution in [-0.4, -0.2) is 40.6 Å². The molecule has 0 heterocycles. The molecule has 0 aromatic heterocycles. The standard InChI is InChI=1S/C7H18IN3/c1-7(2)11(6-8)5-4-10(3)9/h7H,4-6,9H2,1-3H3. The molecule has 0 saturated carbocycles. The molecule has 0 fully saturated rings. The Bertz CT molecular complexity index is 95.7. The number of halogens is 1. The summed E-state index contributed by atoms with van der Waals surface area (Å²) in [5.41, 5.74) is 0. The van der Waals surface area contributed by atoms with Crippen LogP contribution in [0.3, 0.4) is 0 Å². The van der Waals surface area contributed by atoms with Gasteiger partial charge in [0.15, 0.2) is 0 Å². The zero-order valence-electron chi connectivity index (χ0n) is 7.55. The summed E-state index contributed by atoms with van der Waals surface area (Å²) in [5.74, 6) is 5.50. The van der Waals surface area contributed by atoms with Gasteiger partial charge in [-0.2, -0.15) is 0 Å². The Morgan fingerprint density at radius 2 is 1.91 bits per heavy atom. The van der Waals surface area contributed by atoms with Crippen LogP contribution in [0.25, 0.3) is 0 Å². The van der Waals surface area contributed by atoms with Crippen LogP contribution in [0.5, 0.6) is 0 Å². The van der Waals surface area contributed by atoms with Crippen LogP contribution in [0.1, 0.15) is 13.8 Å². The molecule has 0 radical (unpaired) electrons. The van der Waals surface area contributed by atoms with Crippen molar-refractivity contribution in [1.29, 1.82) is 0 Å². The van der Waals surface area contributed by atoms with Crippen molar-refractivity contribution in [2.45, 2.75) is 19.9 Å². The molecule has 0 bridgehead atoms. The van der Waals surface area contributed by atoms with E-state index >= 15 is 0 Å². The third kappa shape index (κ3) is 5.84. The largest absolute Gasteiger partial charge is 0.290 e. The average molecular weight is 271 g/mol. The lowest BCUT2D eigenvalue weighted by atomic mass is 10.3. The summed E-state index contributed by atoms with van der Waals surface area (Å²) >= 11 is 2.38. The highest BCUT2D eigenvalue weighted by Gasteiger charge is 2.06. The fourth-order valence-corrected chi connectivity index (χ4v) is 1.87. The van der Waals surface area contributed by atoms with Gasteiger partial charge in [-0.1, -0.05) is 22.6 Å². The van der Waals surface area contributed by atoms with Gasteiger partial charge >= 0.3 is 0 Å². The molecule has 11 heavy (non-hydrogen) atoms. The maximum absolute atomic E-state index is 5.50. The lowest BCUT2D eigenvalue weighted by molar-refractivity contribution is 0.223. The maximum atomic E-state index is 5.50. The minimum Gasteiger partial charge on any atom is -0.290 e. The first-order valence-electron chi connectivity index (χ1n) is 3.83. The van der Waals surface area contributed by atoms with E-state index in [2.05, 4.69) is 41.3 Å². The minimum absolute atomic E-state index is 0.617. The zero-order chi connectivity index (χ0) is 8.85. The van der Waals surface area contributed by atoms with Crippen molar-refractivity contribution in [2.24, 2.45) is 5.84 Å². The van der Waals surface area contributed by atoms with E-state index < -0.39 is 0 Å². The average Bonchev–Trinajstić information content (AvgIpc) is 1.87. The summed E-state index contributed by atoms with van der Waals surface area (Å²) in [4.78, 5) is 2.38. The van der Waals surface area contributed by atoms with Crippen molar-refractivity contribution in [3.05, 3.63) is 0 Å². The molecule has 0 saturated heterocycles. The highest BCUT2D eigenvalue weighted by molar-refractivity contribution is 14.1. The smallest absolute Gasteiger partial charge is 0.0508 e. The third-order valence-corrected chi connectivity index (χ3v) is 2.50. The summed E-state index contributed by atoms with van der Waals surface area (Å²) in [6, 6.07) is 0.617. The van der Waals surface area contributed by atoms with Crippen molar-refractivity contribution in [3.8, 4) is 0 Å². The monoisotopic (exact) mass is 271 g/mol. The topological polar surface area (TPSA) is 32.5 Å². The van der Waals surface area contributed by atoms with Crippen LogP contribution in [-0.2, 0) is 0 Å². The molecule has 0 amide bonds. The van der Waals surface area contributed by atoms with E-state index in [0.29, 0.717) is 6.04 Å². The number of hydrogen-bond donors (Lipinski definition) is 1. The Labute approximate surface area is 83.0 Å². The minimum atomic E-state index is 0.617. The first-order valence-corrected chi connectivity index (χ1v) is 5.36. The number of hydrogen-bond acceptors (Lipinski definition) is 3. The molecule has 0 spiro atoms. The molecule has 0 unspecified atom stereocenters. The van der Waals surface area contributed by atoms with Gasteiger partial charge in [0.25, 0.3) is 0 Å². The van der Waals surface area contributed by atoms with E-state index in [0.717, 1.165) is 17.6 Å². The molecular weight excluding hydrogens is 253 g/mol. The van der Waals surface area contributed by atoms with Crippen LogP contribution in [0, 0.1) is 0 Å². The molecule has 0 aliphatic carbocycles. The summed E-state index contributed by atoms with van der Waals surface area (Å²) in [6.45, 7) is 6.39. The van der Waals surface area contributed by atoms with Gasteiger partial charge in [-0.3, -0.25) is 10.7 Å². The number of nitrogens with zero attached hydrogens (tertiary/aromatic N) is 2. The Hall–Kier alpha value is 0.610. The molecule has 0 rings (SSSR count). The van der Waals surface area contributed by atoms with Gasteiger partial charge in [-0.05, 0) is 13.8 Å². The normalized spacial score (nSPS) is 12.0. The van der Waals surface area contributed by atoms with E-state index in [-0.39, 0.29) is 0 Å². The van der Waals surface area contributed by atoms with Gasteiger partial charge in [0.2, 0.25) is 0 Å². The van der Waals surface area contributed by atoms with Gasteiger partial charge in [0.05, 0.1) is 4.55 Å². The van der Waals surface area contributed by atoms with Crippen LogP contribution in [0.15, 0.2) is 0 Å². The van der Waals surface area contributed by atoms with Gasteiger partial charge in [0.1, 0.15) is 0 Å². The molecule has 4 heteroatoms. The predicted molar refractivity (Wildman–Crippen MR) is 57.5 cm³/mol. The lowest BCUT2D eigenvalue weighted by Crippen LogP contribution is -2.39. The second-order valence-electron chi connectivity index (χ2n) is 3.01. The van der Waals surface area contributed by atoms with E-state index in [4.69, 9.17) is 5.84 Å². The molecule has 0 aliphatic rings. The molecule has 0 aliphatic heterocycles. The number of rotatable bonds is 5. The van der Waals surface area contributed by atoms with Crippen molar-refractivity contribution in [2.75, 3.05) is 24.7 Å².